The molecule has 1 rings (SSSR count). The van der Waals surface area contributed by atoms with E-state index in [1.165, 1.54) is 0 Å². The topological polar surface area (TPSA) is 73.1 Å². The monoisotopic (exact) mass is 210 g/mol. The van der Waals surface area contributed by atoms with E-state index < -0.39 is 0 Å². The number of anilines is 2. The molecule has 0 aliphatic heterocycles. The third kappa shape index (κ3) is 4.12. The number of rotatable bonds is 6. The molecule has 84 valence electrons. The van der Waals surface area contributed by atoms with Crippen LogP contribution in [-0.2, 0) is 4.74 Å². The van der Waals surface area contributed by atoms with Crippen molar-refractivity contribution in [2.24, 2.45) is 0 Å². The van der Waals surface area contributed by atoms with Crippen LogP contribution in [-0.4, -0.2) is 29.7 Å². The van der Waals surface area contributed by atoms with Gasteiger partial charge < -0.3 is 15.8 Å². The smallest absolute Gasteiger partial charge is 0.221 e. The molecule has 1 aromatic heterocycles. The summed E-state index contributed by atoms with van der Waals surface area (Å²) in [5.74, 6) is 1.03. The second-order valence-electron chi connectivity index (χ2n) is 3.39. The number of aromatic nitrogens is 2. The summed E-state index contributed by atoms with van der Waals surface area (Å²) in [5.41, 5.74) is 5.49. The summed E-state index contributed by atoms with van der Waals surface area (Å²) in [6.07, 6.45) is 3.78. The summed E-state index contributed by atoms with van der Waals surface area (Å²) < 4.78 is 5.12. The van der Waals surface area contributed by atoms with E-state index in [1.807, 2.05) is 0 Å². The molecule has 1 aromatic rings. The van der Waals surface area contributed by atoms with Gasteiger partial charge in [0.1, 0.15) is 5.82 Å². The first kappa shape index (κ1) is 11.7. The van der Waals surface area contributed by atoms with Crippen molar-refractivity contribution in [2.45, 2.75) is 25.8 Å². The Morgan fingerprint density at radius 1 is 1.60 bits per heavy atom. The highest BCUT2D eigenvalue weighted by Crippen LogP contribution is 2.08. The lowest BCUT2D eigenvalue weighted by Gasteiger charge is -2.17. The molecular weight excluding hydrogens is 192 g/mol. The molecule has 0 fully saturated rings. The van der Waals surface area contributed by atoms with Crippen molar-refractivity contribution in [1.29, 1.82) is 0 Å². The maximum Gasteiger partial charge on any atom is 0.221 e. The number of nitrogens with one attached hydrogen (secondary N) is 1. The molecule has 0 saturated carbocycles. The number of nitrogen functional groups attached to an aromatic ring is 1. The molecule has 0 amide bonds. The molecule has 0 aromatic carbocycles. The number of ether oxygens (including phenoxy) is 1. The van der Waals surface area contributed by atoms with E-state index in [9.17, 15) is 0 Å². The maximum absolute atomic E-state index is 5.49. The standard InChI is InChI=1S/C10H18N4O/c1-3-4-8(7-15-2)13-9-5-6-12-10(11)14-9/h5-6,8H,3-4,7H2,1-2H3,(H3,11,12,13,14). The van der Waals surface area contributed by atoms with E-state index in [-0.39, 0.29) is 12.0 Å². The van der Waals surface area contributed by atoms with Gasteiger partial charge in [0, 0.05) is 13.3 Å². The van der Waals surface area contributed by atoms with Crippen LogP contribution in [0.3, 0.4) is 0 Å². The highest BCUT2D eigenvalue weighted by Gasteiger charge is 2.07. The number of hydrogen-bond donors (Lipinski definition) is 2. The lowest BCUT2D eigenvalue weighted by atomic mass is 10.2. The van der Waals surface area contributed by atoms with Gasteiger partial charge in [-0.15, -0.1) is 0 Å². The largest absolute Gasteiger partial charge is 0.383 e. The van der Waals surface area contributed by atoms with Gasteiger partial charge in [0.2, 0.25) is 5.95 Å². The Morgan fingerprint density at radius 2 is 2.40 bits per heavy atom. The van der Waals surface area contributed by atoms with E-state index in [0.717, 1.165) is 18.7 Å². The van der Waals surface area contributed by atoms with Crippen LogP contribution in [0, 0.1) is 0 Å². The third-order valence-electron chi connectivity index (χ3n) is 2.03. The van der Waals surface area contributed by atoms with Gasteiger partial charge in [-0.25, -0.2) is 4.98 Å². The summed E-state index contributed by atoms with van der Waals surface area (Å²) >= 11 is 0. The van der Waals surface area contributed by atoms with Crippen LogP contribution in [0.1, 0.15) is 19.8 Å². The van der Waals surface area contributed by atoms with Crippen LogP contribution in [0.15, 0.2) is 12.3 Å². The Labute approximate surface area is 90.1 Å². The summed E-state index contributed by atoms with van der Waals surface area (Å²) in [5, 5.41) is 3.27. The highest BCUT2D eigenvalue weighted by molar-refractivity contribution is 5.38. The van der Waals surface area contributed by atoms with Crippen LogP contribution in [0.5, 0.6) is 0 Å². The van der Waals surface area contributed by atoms with E-state index in [2.05, 4.69) is 22.2 Å². The summed E-state index contributed by atoms with van der Waals surface area (Å²) in [6, 6.07) is 2.07. The SMILES string of the molecule is CCCC(COC)Nc1ccnc(N)n1. The molecule has 0 radical (unpaired) electrons. The maximum atomic E-state index is 5.49. The van der Waals surface area contributed by atoms with Crippen molar-refractivity contribution in [3.05, 3.63) is 12.3 Å². The van der Waals surface area contributed by atoms with Crippen molar-refractivity contribution in [2.75, 3.05) is 24.8 Å². The normalized spacial score (nSPS) is 12.4. The average molecular weight is 210 g/mol. The molecule has 1 atom stereocenters. The lowest BCUT2D eigenvalue weighted by Crippen LogP contribution is -2.25. The van der Waals surface area contributed by atoms with Crippen LogP contribution < -0.4 is 11.1 Å². The van der Waals surface area contributed by atoms with E-state index in [0.29, 0.717) is 6.61 Å². The van der Waals surface area contributed by atoms with Crippen LogP contribution >= 0.6 is 0 Å². The first-order valence-corrected chi connectivity index (χ1v) is 5.10. The summed E-state index contributed by atoms with van der Waals surface area (Å²) in [7, 11) is 1.69. The fourth-order valence-electron chi connectivity index (χ4n) is 1.41. The second-order valence-corrected chi connectivity index (χ2v) is 3.39. The minimum Gasteiger partial charge on any atom is -0.383 e. The van der Waals surface area contributed by atoms with E-state index in [1.54, 1.807) is 19.4 Å². The molecule has 15 heavy (non-hydrogen) atoms. The molecular formula is C10H18N4O. The lowest BCUT2D eigenvalue weighted by molar-refractivity contribution is 0.182. The van der Waals surface area contributed by atoms with Gasteiger partial charge in [0.05, 0.1) is 12.6 Å². The van der Waals surface area contributed by atoms with Crippen molar-refractivity contribution in [1.82, 2.24) is 9.97 Å². The zero-order chi connectivity index (χ0) is 11.1. The minimum atomic E-state index is 0.272. The molecule has 5 nitrogen and oxygen atoms in total. The Morgan fingerprint density at radius 3 is 3.00 bits per heavy atom. The molecule has 0 spiro atoms. The van der Waals surface area contributed by atoms with Crippen LogP contribution in [0.2, 0.25) is 0 Å². The third-order valence-corrected chi connectivity index (χ3v) is 2.03. The number of nitrogens with two attached hydrogens (primary N) is 1. The molecule has 0 saturated heterocycles. The van der Waals surface area contributed by atoms with Gasteiger partial charge >= 0.3 is 0 Å². The Bertz CT molecular complexity index is 287. The van der Waals surface area contributed by atoms with E-state index >= 15 is 0 Å². The van der Waals surface area contributed by atoms with Gasteiger partial charge in [0.15, 0.2) is 0 Å². The van der Waals surface area contributed by atoms with Crippen molar-refractivity contribution < 1.29 is 4.74 Å². The molecule has 1 unspecified atom stereocenters. The first-order chi connectivity index (χ1) is 7.26. The summed E-state index contributed by atoms with van der Waals surface area (Å²) in [4.78, 5) is 7.91. The minimum absolute atomic E-state index is 0.272. The summed E-state index contributed by atoms with van der Waals surface area (Å²) in [6.45, 7) is 2.80. The molecule has 0 aliphatic carbocycles. The molecule has 5 heteroatoms. The molecule has 3 N–H and O–H groups in total. The van der Waals surface area contributed by atoms with Gasteiger partial charge in [-0.2, -0.15) is 4.98 Å². The van der Waals surface area contributed by atoms with Crippen LogP contribution in [0.4, 0.5) is 11.8 Å². The van der Waals surface area contributed by atoms with Crippen LogP contribution in [0.25, 0.3) is 0 Å². The van der Waals surface area contributed by atoms with Crippen molar-refractivity contribution >= 4 is 11.8 Å². The molecule has 0 aliphatic rings. The fourth-order valence-corrected chi connectivity index (χ4v) is 1.41. The van der Waals surface area contributed by atoms with Crippen molar-refractivity contribution in [3.8, 4) is 0 Å². The predicted octanol–water partition coefficient (Wildman–Crippen LogP) is 1.29. The number of nitrogens with zero attached hydrogens (tertiary/aromatic N) is 2. The fraction of sp³-hybridized carbons (Fsp3) is 0.600. The van der Waals surface area contributed by atoms with Gasteiger partial charge in [-0.1, -0.05) is 13.3 Å². The van der Waals surface area contributed by atoms with Crippen molar-refractivity contribution in [3.63, 3.8) is 0 Å². The molecule has 1 heterocycles. The average Bonchev–Trinajstić information content (AvgIpc) is 2.18. The Kier molecular flexibility index (Phi) is 4.83. The quantitative estimate of drug-likeness (QED) is 0.740. The number of methoxy groups -OCH3 is 1. The van der Waals surface area contributed by atoms with E-state index in [4.69, 9.17) is 10.5 Å². The van der Waals surface area contributed by atoms with Gasteiger partial charge in [-0.3, -0.25) is 0 Å². The second kappa shape index (κ2) is 6.19. The zero-order valence-corrected chi connectivity index (χ0v) is 9.23. The Hall–Kier alpha value is -1.36. The van der Waals surface area contributed by atoms with Gasteiger partial charge in [0.25, 0.3) is 0 Å². The first-order valence-electron chi connectivity index (χ1n) is 5.10. The van der Waals surface area contributed by atoms with Gasteiger partial charge in [-0.05, 0) is 12.5 Å². The predicted molar refractivity (Wildman–Crippen MR) is 60.6 cm³/mol. The highest BCUT2D eigenvalue weighted by atomic mass is 16.5. The number of hydrogen-bond acceptors (Lipinski definition) is 5. The zero-order valence-electron chi connectivity index (χ0n) is 9.23. The Balaban J connectivity index is 2.56. The molecule has 0 bridgehead atoms.